The molecule has 0 amide bonds. The summed E-state index contributed by atoms with van der Waals surface area (Å²) in [6.07, 6.45) is 0. The molecule has 18 aromatic carbocycles. The first-order chi connectivity index (χ1) is 64.5. The van der Waals surface area contributed by atoms with Crippen molar-refractivity contribution in [1.29, 1.82) is 21.0 Å². The van der Waals surface area contributed by atoms with Crippen molar-refractivity contribution >= 4 is 22.7 Å². The molecule has 0 aliphatic rings. The molecule has 18 rings (SSSR count). The fourth-order valence-corrected chi connectivity index (χ4v) is 16.9. The second kappa shape index (κ2) is 40.7. The van der Waals surface area contributed by atoms with E-state index in [-0.39, 0.29) is 45.0 Å². The molecular weight excluding hydrogens is 1630 g/mol. The molecule has 624 valence electrons. The van der Waals surface area contributed by atoms with E-state index in [0.717, 1.165) is 128 Å². The molecule has 0 aromatic heterocycles. The summed E-state index contributed by atoms with van der Waals surface area (Å²) in [4.78, 5) is 14.0. The summed E-state index contributed by atoms with van der Waals surface area (Å²) in [6, 6.07) is 132. The van der Waals surface area contributed by atoms with Gasteiger partial charge in [-0.3, -0.25) is 0 Å². The van der Waals surface area contributed by atoms with E-state index in [4.69, 9.17) is 26.3 Å². The molecule has 132 heavy (non-hydrogen) atoms. The third-order valence-electron chi connectivity index (χ3n) is 23.1. The lowest BCUT2D eigenvalue weighted by Gasteiger charge is -2.20. The average molecular weight is 1710 g/mol. The van der Waals surface area contributed by atoms with Crippen molar-refractivity contribution in [2.24, 2.45) is 0 Å². The maximum absolute atomic E-state index is 15.8. The molecule has 0 saturated heterocycles. The highest BCUT2D eigenvalue weighted by molar-refractivity contribution is 6.04. The molecule has 0 N–H and O–H groups in total. The zero-order valence-corrected chi connectivity index (χ0v) is 72.0. The van der Waals surface area contributed by atoms with E-state index in [2.05, 4.69) is 19.4 Å². The molecular formula is C120H76F4N8. The van der Waals surface area contributed by atoms with Gasteiger partial charge in [-0.25, -0.2) is 36.9 Å². The molecule has 0 spiro atoms. The number of hydrogen-bond donors (Lipinski definition) is 0. The molecule has 0 atom stereocenters. The van der Waals surface area contributed by atoms with Gasteiger partial charge in [-0.2, -0.15) is 21.0 Å². The van der Waals surface area contributed by atoms with Crippen LogP contribution >= 0.6 is 0 Å². The van der Waals surface area contributed by atoms with Crippen molar-refractivity contribution in [3.63, 3.8) is 0 Å². The highest BCUT2D eigenvalue weighted by Crippen LogP contribution is 2.52. The van der Waals surface area contributed by atoms with Gasteiger partial charge in [0.15, 0.2) is 0 Å². The van der Waals surface area contributed by atoms with E-state index in [0.29, 0.717) is 50.1 Å². The normalized spacial score (nSPS) is 10.4. The highest BCUT2D eigenvalue weighted by Gasteiger charge is 2.30. The first-order valence-electron chi connectivity index (χ1n) is 42.2. The fourth-order valence-electron chi connectivity index (χ4n) is 16.9. The Morgan fingerprint density at radius 2 is 0.439 bits per heavy atom. The SMILES string of the molecule is [C-]#[N+]c1c(-c2c(C)cccc2C)cc(-c2c(C)cccc2C)c(C#N)c1F.[C-]#[N+]c1c(-c2cccc(-c3ccccc3)c2)cc(-c2cccc(-c3ccccc3)c2)c(C#N)c1F.[C-]#[N+]c1c(-c2ccccc2-c2ccccc2)cc(-c2ccccc2-c2ccccc2)c(C#N)c1F.[C-]#[N+]c1c(F)c(C#N)c(-c2ccccc2)c(-c2ccc(-c3ccccc3)cc2)c1-c1ccccc1. The molecule has 18 aromatic rings. The topological polar surface area (TPSA) is 113 Å². The maximum Gasteiger partial charge on any atom is 0.231 e. The Morgan fingerprint density at radius 3 is 0.848 bits per heavy atom. The largest absolute Gasteiger partial charge is 0.234 e. The Labute approximate surface area is 765 Å². The van der Waals surface area contributed by atoms with Crippen LogP contribution in [0.25, 0.3) is 175 Å². The van der Waals surface area contributed by atoms with Crippen LogP contribution in [0.1, 0.15) is 44.5 Å². The number of aryl methyl sites for hydroxylation is 4. The minimum atomic E-state index is -0.791. The molecule has 0 heterocycles. The summed E-state index contributed by atoms with van der Waals surface area (Å²) in [5.41, 5.74) is 24.2. The van der Waals surface area contributed by atoms with Gasteiger partial charge >= 0.3 is 0 Å². The van der Waals surface area contributed by atoms with Crippen LogP contribution in [0.2, 0.25) is 0 Å². The van der Waals surface area contributed by atoms with Gasteiger partial charge < -0.3 is 0 Å². The Hall–Kier alpha value is -18.4. The summed E-state index contributed by atoms with van der Waals surface area (Å²) >= 11 is 0. The molecule has 0 unspecified atom stereocenters. The highest BCUT2D eigenvalue weighted by atomic mass is 19.1. The number of nitriles is 4. The molecule has 8 nitrogen and oxygen atoms in total. The van der Waals surface area contributed by atoms with E-state index in [1.54, 1.807) is 18.2 Å². The van der Waals surface area contributed by atoms with Crippen molar-refractivity contribution in [2.45, 2.75) is 27.7 Å². The summed E-state index contributed by atoms with van der Waals surface area (Å²) in [6.45, 7) is 38.5. The van der Waals surface area contributed by atoms with Crippen LogP contribution in [0, 0.1) is 123 Å². The zero-order valence-electron chi connectivity index (χ0n) is 72.0. The van der Waals surface area contributed by atoms with Gasteiger partial charge in [0.05, 0.1) is 48.5 Å². The van der Waals surface area contributed by atoms with Crippen LogP contribution in [0.4, 0.5) is 40.3 Å². The minimum Gasteiger partial charge on any atom is -0.234 e. The number of hydrogen-bond acceptors (Lipinski definition) is 4. The van der Waals surface area contributed by atoms with E-state index in [1.165, 1.54) is 0 Å². The summed E-state index contributed by atoms with van der Waals surface area (Å²) in [7, 11) is 0. The van der Waals surface area contributed by atoms with Crippen LogP contribution < -0.4 is 0 Å². The van der Waals surface area contributed by atoms with E-state index in [1.807, 2.05) is 422 Å². The second-order valence-corrected chi connectivity index (χ2v) is 31.0. The summed E-state index contributed by atoms with van der Waals surface area (Å²) in [5.74, 6) is -3.11. The predicted molar refractivity (Wildman–Crippen MR) is 525 cm³/mol. The molecule has 12 heteroatoms. The van der Waals surface area contributed by atoms with Crippen molar-refractivity contribution in [3.05, 3.63) is 502 Å². The first-order valence-corrected chi connectivity index (χ1v) is 42.2. The molecule has 0 saturated carbocycles. The molecule has 0 radical (unpaired) electrons. The zero-order chi connectivity index (χ0) is 92.3. The van der Waals surface area contributed by atoms with E-state index in [9.17, 15) is 21.0 Å². The first kappa shape index (κ1) is 88.5. The van der Waals surface area contributed by atoms with Gasteiger partial charge in [-0.05, 0) is 196 Å². The maximum atomic E-state index is 15.8. The Morgan fingerprint density at radius 1 is 0.182 bits per heavy atom. The lowest BCUT2D eigenvalue weighted by atomic mass is 9.83. The van der Waals surface area contributed by atoms with Crippen LogP contribution in [0.5, 0.6) is 0 Å². The predicted octanol–water partition coefficient (Wildman–Crippen LogP) is 33.6. The quantitative estimate of drug-likeness (QED) is 0.0797. The third-order valence-corrected chi connectivity index (χ3v) is 23.1. The summed E-state index contributed by atoms with van der Waals surface area (Å²) < 4.78 is 62.3. The van der Waals surface area contributed by atoms with Crippen molar-refractivity contribution < 1.29 is 17.6 Å². The van der Waals surface area contributed by atoms with E-state index >= 15 is 17.6 Å². The standard InChI is InChI=1S/3C32H19FN2.C24H19FN2/c1-35-32-30(25-15-9-4-10-16-25)29(26-19-17-23(18-20-26)22-11-5-2-6-12-22)28(27(21-34)31(32)33)24-13-7-3-8-14-24;1-35-32-29(27-19-11-9-17-25(27)23-14-6-3-7-15-23)20-28(30(21-34)31(32)33)26-18-10-8-16-24(26)22-12-4-2-5-13-22;1-35-32-29(27-17-9-15-25(19-27)23-12-6-3-7-13-23)20-28(30(21-34)31(32)33)26-16-8-14-24(18-26)22-10-4-2-5-11-22;1-14-8-6-9-15(2)21(14)18-12-19(22-16(3)10-7-11-17(22)4)24(27-5)23(25)20(18)13-26/h3*2-20H;6-12H,1-4H3. The summed E-state index contributed by atoms with van der Waals surface area (Å²) in [5, 5.41) is 39.4. The van der Waals surface area contributed by atoms with Crippen LogP contribution in [-0.2, 0) is 0 Å². The van der Waals surface area contributed by atoms with Crippen LogP contribution in [-0.4, -0.2) is 0 Å². The average Bonchev–Trinajstić information content (AvgIpc) is 1.13. The molecule has 0 aliphatic heterocycles. The number of nitrogens with zero attached hydrogens (tertiary/aromatic N) is 8. The van der Waals surface area contributed by atoms with Gasteiger partial charge in [0.25, 0.3) is 0 Å². The minimum absolute atomic E-state index is 0.0756. The second-order valence-electron chi connectivity index (χ2n) is 31.0. The van der Waals surface area contributed by atoms with E-state index < -0.39 is 23.3 Å². The third kappa shape index (κ3) is 18.2. The van der Waals surface area contributed by atoms with Crippen molar-refractivity contribution in [3.8, 4) is 180 Å². The van der Waals surface area contributed by atoms with Gasteiger partial charge in [0.2, 0.25) is 22.7 Å². The van der Waals surface area contributed by atoms with Crippen molar-refractivity contribution in [2.75, 3.05) is 0 Å². The monoisotopic (exact) mass is 1700 g/mol. The Kier molecular flexibility index (Phi) is 27.3. The number of benzene rings is 18. The molecule has 0 bridgehead atoms. The van der Waals surface area contributed by atoms with Crippen molar-refractivity contribution in [1.82, 2.24) is 0 Å². The smallest absolute Gasteiger partial charge is 0.231 e. The van der Waals surface area contributed by atoms with Crippen LogP contribution in [0.15, 0.2) is 388 Å². The van der Waals surface area contributed by atoms with Gasteiger partial charge in [0.1, 0.15) is 47.5 Å². The number of rotatable bonds is 14. The molecule has 0 fully saturated rings. The lowest BCUT2D eigenvalue weighted by molar-refractivity contribution is 0.630. The van der Waals surface area contributed by atoms with Crippen LogP contribution in [0.3, 0.4) is 0 Å². The Balaban J connectivity index is 0.000000135. The van der Waals surface area contributed by atoms with Gasteiger partial charge in [-0.15, -0.1) is 0 Å². The lowest BCUT2D eigenvalue weighted by Crippen LogP contribution is -1.99. The number of halogens is 4. The Bertz CT molecular complexity index is 7340. The van der Waals surface area contributed by atoms with Gasteiger partial charge in [-0.1, -0.05) is 376 Å². The molecule has 0 aliphatic carbocycles. The fraction of sp³-hybridized carbons (Fsp3) is 0.0333. The van der Waals surface area contributed by atoms with Gasteiger partial charge in [0, 0.05) is 22.3 Å².